The Kier molecular flexibility index (Phi) is 4.24. The number of hydrogen-bond donors (Lipinski definition) is 1. The van der Waals surface area contributed by atoms with Crippen LogP contribution in [0.3, 0.4) is 0 Å². The molecule has 3 heteroatoms. The SMILES string of the molecule is C#CCN(CC)Cc1ccc(CO)o1. The van der Waals surface area contributed by atoms with Crippen molar-refractivity contribution in [1.29, 1.82) is 0 Å². The molecule has 14 heavy (non-hydrogen) atoms. The fourth-order valence-electron chi connectivity index (χ4n) is 1.22. The maximum absolute atomic E-state index is 8.81. The van der Waals surface area contributed by atoms with Crippen molar-refractivity contribution in [3.05, 3.63) is 23.7 Å². The van der Waals surface area contributed by atoms with E-state index in [1.807, 2.05) is 13.0 Å². The molecule has 0 bridgehead atoms. The van der Waals surface area contributed by atoms with Gasteiger partial charge in [-0.05, 0) is 18.7 Å². The highest BCUT2D eigenvalue weighted by Crippen LogP contribution is 2.10. The Balaban J connectivity index is 2.54. The second-order valence-corrected chi connectivity index (χ2v) is 3.03. The number of hydrogen-bond acceptors (Lipinski definition) is 3. The Bertz CT molecular complexity index is 311. The highest BCUT2D eigenvalue weighted by Gasteiger charge is 2.05. The molecule has 0 atom stereocenters. The van der Waals surface area contributed by atoms with Gasteiger partial charge in [-0.2, -0.15) is 0 Å². The van der Waals surface area contributed by atoms with Crippen LogP contribution in [-0.4, -0.2) is 23.1 Å². The monoisotopic (exact) mass is 193 g/mol. The van der Waals surface area contributed by atoms with Crippen molar-refractivity contribution in [3.8, 4) is 12.3 Å². The molecule has 3 nitrogen and oxygen atoms in total. The fraction of sp³-hybridized carbons (Fsp3) is 0.455. The van der Waals surface area contributed by atoms with Gasteiger partial charge in [-0.15, -0.1) is 6.42 Å². The van der Waals surface area contributed by atoms with E-state index in [1.54, 1.807) is 6.07 Å². The predicted octanol–water partition coefficient (Wildman–Crippen LogP) is 1.23. The summed E-state index contributed by atoms with van der Waals surface area (Å²) in [6.07, 6.45) is 5.23. The van der Waals surface area contributed by atoms with Gasteiger partial charge >= 0.3 is 0 Å². The fourth-order valence-corrected chi connectivity index (χ4v) is 1.22. The first-order chi connectivity index (χ1) is 6.80. The van der Waals surface area contributed by atoms with Gasteiger partial charge in [0.1, 0.15) is 18.1 Å². The van der Waals surface area contributed by atoms with Crippen molar-refractivity contribution in [2.75, 3.05) is 13.1 Å². The third-order valence-corrected chi connectivity index (χ3v) is 2.01. The van der Waals surface area contributed by atoms with Gasteiger partial charge < -0.3 is 9.52 Å². The number of aliphatic hydroxyl groups excluding tert-OH is 1. The van der Waals surface area contributed by atoms with E-state index in [0.717, 1.165) is 12.3 Å². The van der Waals surface area contributed by atoms with Crippen molar-refractivity contribution in [2.24, 2.45) is 0 Å². The van der Waals surface area contributed by atoms with Crippen LogP contribution in [0, 0.1) is 12.3 Å². The molecule has 1 heterocycles. The van der Waals surface area contributed by atoms with E-state index in [1.165, 1.54) is 0 Å². The quantitative estimate of drug-likeness (QED) is 0.714. The number of furan rings is 1. The molecule has 0 aliphatic rings. The maximum Gasteiger partial charge on any atom is 0.129 e. The largest absolute Gasteiger partial charge is 0.462 e. The van der Waals surface area contributed by atoms with Gasteiger partial charge in [-0.1, -0.05) is 12.8 Å². The maximum atomic E-state index is 8.81. The molecule has 0 aliphatic carbocycles. The zero-order valence-corrected chi connectivity index (χ0v) is 8.36. The van der Waals surface area contributed by atoms with Crippen molar-refractivity contribution in [1.82, 2.24) is 4.90 Å². The van der Waals surface area contributed by atoms with Gasteiger partial charge in [0.25, 0.3) is 0 Å². The molecule has 1 rings (SSSR count). The second kappa shape index (κ2) is 5.48. The zero-order chi connectivity index (χ0) is 10.4. The van der Waals surface area contributed by atoms with Gasteiger partial charge in [0.15, 0.2) is 0 Å². The molecule has 0 aromatic carbocycles. The lowest BCUT2D eigenvalue weighted by atomic mass is 10.4. The van der Waals surface area contributed by atoms with Gasteiger partial charge in [-0.25, -0.2) is 0 Å². The lowest BCUT2D eigenvalue weighted by molar-refractivity contribution is 0.230. The van der Waals surface area contributed by atoms with E-state index in [2.05, 4.69) is 10.8 Å². The first-order valence-corrected chi connectivity index (χ1v) is 4.64. The molecule has 0 aliphatic heterocycles. The Hall–Kier alpha value is -1.24. The van der Waals surface area contributed by atoms with E-state index in [4.69, 9.17) is 15.9 Å². The first-order valence-electron chi connectivity index (χ1n) is 4.64. The van der Waals surface area contributed by atoms with Crippen LogP contribution in [0.25, 0.3) is 0 Å². The van der Waals surface area contributed by atoms with Crippen LogP contribution >= 0.6 is 0 Å². The molecule has 1 aromatic rings. The Morgan fingerprint density at radius 1 is 1.50 bits per heavy atom. The average Bonchev–Trinajstić information content (AvgIpc) is 2.65. The van der Waals surface area contributed by atoms with E-state index in [0.29, 0.717) is 18.8 Å². The number of terminal acetylenes is 1. The molecular formula is C11H15NO2. The van der Waals surface area contributed by atoms with Crippen LogP contribution in [0.2, 0.25) is 0 Å². The molecule has 0 saturated heterocycles. The molecule has 0 spiro atoms. The molecule has 0 radical (unpaired) electrons. The molecule has 1 N–H and O–H groups in total. The Morgan fingerprint density at radius 3 is 2.71 bits per heavy atom. The molecule has 0 fully saturated rings. The van der Waals surface area contributed by atoms with Crippen molar-refractivity contribution >= 4 is 0 Å². The van der Waals surface area contributed by atoms with Crippen molar-refractivity contribution in [2.45, 2.75) is 20.1 Å². The molecule has 0 unspecified atom stereocenters. The molecule has 76 valence electrons. The van der Waals surface area contributed by atoms with E-state index >= 15 is 0 Å². The lowest BCUT2D eigenvalue weighted by Crippen LogP contribution is -2.22. The summed E-state index contributed by atoms with van der Waals surface area (Å²) in [4.78, 5) is 2.08. The van der Waals surface area contributed by atoms with Crippen molar-refractivity contribution < 1.29 is 9.52 Å². The topological polar surface area (TPSA) is 36.6 Å². The minimum Gasteiger partial charge on any atom is -0.462 e. The summed E-state index contributed by atoms with van der Waals surface area (Å²) in [5, 5.41) is 8.81. The number of nitrogens with zero attached hydrogens (tertiary/aromatic N) is 1. The summed E-state index contributed by atoms with van der Waals surface area (Å²) in [6, 6.07) is 3.64. The minimum absolute atomic E-state index is 0.0543. The highest BCUT2D eigenvalue weighted by molar-refractivity contribution is 5.06. The average molecular weight is 193 g/mol. The van der Waals surface area contributed by atoms with E-state index in [-0.39, 0.29) is 6.61 Å². The molecule has 0 amide bonds. The normalized spacial score (nSPS) is 10.4. The van der Waals surface area contributed by atoms with E-state index in [9.17, 15) is 0 Å². The zero-order valence-electron chi connectivity index (χ0n) is 8.36. The summed E-state index contributed by atoms with van der Waals surface area (Å²) in [7, 11) is 0. The van der Waals surface area contributed by atoms with Crippen LogP contribution in [0.5, 0.6) is 0 Å². The second-order valence-electron chi connectivity index (χ2n) is 3.03. The van der Waals surface area contributed by atoms with Crippen LogP contribution in [-0.2, 0) is 13.2 Å². The summed E-state index contributed by atoms with van der Waals surface area (Å²) >= 11 is 0. The highest BCUT2D eigenvalue weighted by atomic mass is 16.4. The molecular weight excluding hydrogens is 178 g/mol. The van der Waals surface area contributed by atoms with E-state index < -0.39 is 0 Å². The minimum atomic E-state index is -0.0543. The van der Waals surface area contributed by atoms with Gasteiger partial charge in [0, 0.05) is 0 Å². The number of aliphatic hydroxyl groups is 1. The summed E-state index contributed by atoms with van der Waals surface area (Å²) in [5.41, 5.74) is 0. The van der Waals surface area contributed by atoms with Gasteiger partial charge in [0.2, 0.25) is 0 Å². The third-order valence-electron chi connectivity index (χ3n) is 2.01. The van der Waals surface area contributed by atoms with Crippen LogP contribution in [0.4, 0.5) is 0 Å². The number of rotatable bonds is 5. The summed E-state index contributed by atoms with van der Waals surface area (Å²) in [6.45, 7) is 4.19. The first kappa shape index (κ1) is 10.8. The molecule has 0 saturated carbocycles. The van der Waals surface area contributed by atoms with Gasteiger partial charge in [-0.3, -0.25) is 4.90 Å². The smallest absolute Gasteiger partial charge is 0.129 e. The molecule has 1 aromatic heterocycles. The van der Waals surface area contributed by atoms with Crippen LogP contribution < -0.4 is 0 Å². The van der Waals surface area contributed by atoms with Gasteiger partial charge in [0.05, 0.1) is 13.1 Å². The summed E-state index contributed by atoms with van der Waals surface area (Å²) in [5.74, 6) is 4.03. The van der Waals surface area contributed by atoms with Crippen LogP contribution in [0.15, 0.2) is 16.5 Å². The third kappa shape index (κ3) is 2.91. The summed E-state index contributed by atoms with van der Waals surface area (Å²) < 4.78 is 5.35. The lowest BCUT2D eigenvalue weighted by Gasteiger charge is -2.15. The standard InChI is InChI=1S/C11H15NO2/c1-3-7-12(4-2)8-10-5-6-11(9-13)14-10/h1,5-6,13H,4,7-9H2,2H3. The Morgan fingerprint density at radius 2 is 2.21 bits per heavy atom. The van der Waals surface area contributed by atoms with Crippen LogP contribution in [0.1, 0.15) is 18.4 Å². The predicted molar refractivity (Wildman–Crippen MR) is 54.4 cm³/mol. The Labute approximate surface area is 84.3 Å². The van der Waals surface area contributed by atoms with Crippen molar-refractivity contribution in [3.63, 3.8) is 0 Å².